The summed E-state index contributed by atoms with van der Waals surface area (Å²) in [5, 5.41) is 0.522. The summed E-state index contributed by atoms with van der Waals surface area (Å²) in [4.78, 5) is 0. The lowest BCUT2D eigenvalue weighted by Gasteiger charge is -2.13. The molecule has 2 N–H and O–H groups in total. The van der Waals surface area contributed by atoms with Gasteiger partial charge in [0.2, 0.25) is 0 Å². The summed E-state index contributed by atoms with van der Waals surface area (Å²) in [5.41, 5.74) is 6.87. The Morgan fingerprint density at radius 1 is 1.21 bits per heavy atom. The van der Waals surface area contributed by atoms with Crippen molar-refractivity contribution in [2.45, 2.75) is 37.9 Å². The van der Waals surface area contributed by atoms with Crippen molar-refractivity contribution in [1.82, 2.24) is 0 Å². The molecule has 0 spiro atoms. The third kappa shape index (κ3) is 7.32. The van der Waals surface area contributed by atoms with Gasteiger partial charge in [-0.15, -0.1) is 13.2 Å². The maximum absolute atomic E-state index is 12.0. The Kier molecular flexibility index (Phi) is 6.00. The van der Waals surface area contributed by atoms with Crippen LogP contribution in [0, 0.1) is 0 Å². The third-order valence-electron chi connectivity index (χ3n) is 2.30. The minimum absolute atomic E-state index is 0.00165. The van der Waals surface area contributed by atoms with Crippen LogP contribution in [0.25, 0.3) is 0 Å². The van der Waals surface area contributed by atoms with Crippen LogP contribution < -0.4 is 10.5 Å². The van der Waals surface area contributed by atoms with E-state index in [0.717, 1.165) is 11.3 Å². The van der Waals surface area contributed by atoms with E-state index in [1.54, 1.807) is 23.9 Å². The number of hydrogen-bond acceptors (Lipinski definition) is 3. The van der Waals surface area contributed by atoms with Gasteiger partial charge in [-0.3, -0.25) is 0 Å². The largest absolute Gasteiger partial charge is 0.573 e. The van der Waals surface area contributed by atoms with Crippen LogP contribution in [0.2, 0.25) is 0 Å². The summed E-state index contributed by atoms with van der Waals surface area (Å²) >= 11 is 1.77. The molecule has 1 aromatic carbocycles. The zero-order valence-electron chi connectivity index (χ0n) is 10.9. The Hall–Kier alpha value is -0.880. The van der Waals surface area contributed by atoms with E-state index in [4.69, 9.17) is 5.73 Å². The van der Waals surface area contributed by atoms with E-state index in [1.165, 1.54) is 12.1 Å². The predicted octanol–water partition coefficient (Wildman–Crippen LogP) is 3.60. The van der Waals surface area contributed by atoms with Crippen molar-refractivity contribution in [3.05, 3.63) is 29.8 Å². The highest BCUT2D eigenvalue weighted by atomic mass is 32.2. The van der Waals surface area contributed by atoms with E-state index in [9.17, 15) is 13.2 Å². The molecular formula is C13H18F3NOS. The first-order valence-electron chi connectivity index (χ1n) is 5.98. The van der Waals surface area contributed by atoms with E-state index in [0.29, 0.717) is 11.7 Å². The summed E-state index contributed by atoms with van der Waals surface area (Å²) in [7, 11) is 0. The van der Waals surface area contributed by atoms with Gasteiger partial charge in [-0.25, -0.2) is 0 Å². The van der Waals surface area contributed by atoms with Gasteiger partial charge in [0.15, 0.2) is 0 Å². The van der Waals surface area contributed by atoms with Crippen molar-refractivity contribution < 1.29 is 17.9 Å². The van der Waals surface area contributed by atoms with E-state index in [-0.39, 0.29) is 11.8 Å². The molecule has 0 aliphatic rings. The fourth-order valence-corrected chi connectivity index (χ4v) is 2.25. The van der Waals surface area contributed by atoms with Crippen LogP contribution in [0.15, 0.2) is 24.3 Å². The first-order chi connectivity index (χ1) is 8.76. The van der Waals surface area contributed by atoms with Crippen molar-refractivity contribution >= 4 is 11.8 Å². The second-order valence-corrected chi connectivity index (χ2v) is 6.15. The number of hydrogen-bond donors (Lipinski definition) is 1. The van der Waals surface area contributed by atoms with Crippen LogP contribution in [-0.4, -0.2) is 23.4 Å². The molecule has 0 saturated carbocycles. The number of benzene rings is 1. The first-order valence-corrected chi connectivity index (χ1v) is 7.03. The molecule has 108 valence electrons. The van der Waals surface area contributed by atoms with E-state index in [1.807, 2.05) is 0 Å². The zero-order chi connectivity index (χ0) is 14.5. The van der Waals surface area contributed by atoms with Crippen LogP contribution in [-0.2, 0) is 6.42 Å². The molecule has 0 aliphatic heterocycles. The lowest BCUT2D eigenvalue weighted by Crippen LogP contribution is -2.26. The Morgan fingerprint density at radius 2 is 1.79 bits per heavy atom. The predicted molar refractivity (Wildman–Crippen MR) is 72.4 cm³/mol. The number of nitrogens with two attached hydrogens (primary N) is 1. The second kappa shape index (κ2) is 7.05. The van der Waals surface area contributed by atoms with Crippen LogP contribution in [0.1, 0.15) is 19.4 Å². The number of halogens is 3. The van der Waals surface area contributed by atoms with Gasteiger partial charge in [0, 0.05) is 11.8 Å². The highest BCUT2D eigenvalue weighted by Gasteiger charge is 2.30. The van der Waals surface area contributed by atoms with Gasteiger partial charge >= 0.3 is 6.36 Å². The van der Waals surface area contributed by atoms with E-state index in [2.05, 4.69) is 18.6 Å². The van der Waals surface area contributed by atoms with Gasteiger partial charge in [-0.1, -0.05) is 26.0 Å². The average molecular weight is 293 g/mol. The molecule has 1 unspecified atom stereocenters. The fraction of sp³-hybridized carbons (Fsp3) is 0.538. The minimum Gasteiger partial charge on any atom is -0.406 e. The van der Waals surface area contributed by atoms with Crippen molar-refractivity contribution in [1.29, 1.82) is 0 Å². The second-order valence-electron chi connectivity index (χ2n) is 4.54. The molecule has 1 rings (SSSR count). The molecule has 2 nitrogen and oxygen atoms in total. The number of alkyl halides is 3. The summed E-state index contributed by atoms with van der Waals surface area (Å²) in [5.74, 6) is 0.625. The van der Waals surface area contributed by atoms with Gasteiger partial charge in [-0.05, 0) is 29.4 Å². The minimum atomic E-state index is -4.65. The molecule has 0 fully saturated rings. The van der Waals surface area contributed by atoms with Crippen molar-refractivity contribution in [3.63, 3.8) is 0 Å². The first kappa shape index (κ1) is 16.2. The molecule has 1 atom stereocenters. The van der Waals surface area contributed by atoms with Crippen molar-refractivity contribution in [2.24, 2.45) is 5.73 Å². The number of ether oxygens (including phenoxy) is 1. The van der Waals surface area contributed by atoms with Gasteiger partial charge in [0.1, 0.15) is 5.75 Å². The molecule has 1 aromatic rings. The average Bonchev–Trinajstić information content (AvgIpc) is 2.27. The maximum atomic E-state index is 12.0. The van der Waals surface area contributed by atoms with E-state index < -0.39 is 6.36 Å². The van der Waals surface area contributed by atoms with Crippen LogP contribution in [0.5, 0.6) is 5.75 Å². The Bertz CT molecular complexity index is 378. The highest BCUT2D eigenvalue weighted by molar-refractivity contribution is 7.99. The molecule has 19 heavy (non-hydrogen) atoms. The Morgan fingerprint density at radius 3 is 2.26 bits per heavy atom. The van der Waals surface area contributed by atoms with Gasteiger partial charge in [-0.2, -0.15) is 11.8 Å². The van der Waals surface area contributed by atoms with Crippen molar-refractivity contribution in [3.8, 4) is 5.75 Å². The molecule has 0 saturated heterocycles. The molecule has 6 heteroatoms. The molecule has 0 radical (unpaired) electrons. The van der Waals surface area contributed by atoms with Crippen molar-refractivity contribution in [2.75, 3.05) is 5.75 Å². The molecule has 0 aromatic heterocycles. The molecule has 0 amide bonds. The highest BCUT2D eigenvalue weighted by Crippen LogP contribution is 2.23. The standard InChI is InChI=1S/C13H18F3NOS/c1-9(2)19-8-11(17)7-10-3-5-12(6-4-10)18-13(14,15)16/h3-6,9,11H,7-8,17H2,1-2H3. The number of thioether (sulfide) groups is 1. The topological polar surface area (TPSA) is 35.2 Å². The quantitative estimate of drug-likeness (QED) is 0.870. The van der Waals surface area contributed by atoms with Crippen LogP contribution in [0.4, 0.5) is 13.2 Å². The van der Waals surface area contributed by atoms with Crippen LogP contribution >= 0.6 is 11.8 Å². The van der Waals surface area contributed by atoms with Crippen LogP contribution in [0.3, 0.4) is 0 Å². The molecular weight excluding hydrogens is 275 g/mol. The maximum Gasteiger partial charge on any atom is 0.573 e. The zero-order valence-corrected chi connectivity index (χ0v) is 11.7. The molecule has 0 heterocycles. The lowest BCUT2D eigenvalue weighted by atomic mass is 10.1. The van der Waals surface area contributed by atoms with Gasteiger partial charge in [0.25, 0.3) is 0 Å². The summed E-state index contributed by atoms with van der Waals surface area (Å²) < 4.78 is 39.8. The third-order valence-corrected chi connectivity index (χ3v) is 3.59. The van der Waals surface area contributed by atoms with Gasteiger partial charge < -0.3 is 10.5 Å². The van der Waals surface area contributed by atoms with E-state index >= 15 is 0 Å². The summed E-state index contributed by atoms with van der Waals surface area (Å²) in [6.07, 6.45) is -4.00. The molecule has 0 aliphatic carbocycles. The smallest absolute Gasteiger partial charge is 0.406 e. The van der Waals surface area contributed by atoms with Gasteiger partial charge in [0.05, 0.1) is 0 Å². The lowest BCUT2D eigenvalue weighted by molar-refractivity contribution is -0.274. The SMILES string of the molecule is CC(C)SCC(N)Cc1ccc(OC(F)(F)F)cc1. The monoisotopic (exact) mass is 293 g/mol. The Balaban J connectivity index is 2.48. The normalized spacial score (nSPS) is 13.6. The fourth-order valence-electron chi connectivity index (χ4n) is 1.50. The molecule has 0 bridgehead atoms. The number of rotatable bonds is 6. The summed E-state index contributed by atoms with van der Waals surface area (Å²) in [6.45, 7) is 4.20. The Labute approximate surface area is 115 Å². The summed E-state index contributed by atoms with van der Waals surface area (Å²) in [6, 6.07) is 5.85.